The highest BCUT2D eigenvalue weighted by atomic mass is 35.5. The predicted molar refractivity (Wildman–Crippen MR) is 99.0 cm³/mol. The van der Waals surface area contributed by atoms with Crippen molar-refractivity contribution < 1.29 is 13.2 Å². The number of rotatable bonds is 3. The first-order chi connectivity index (χ1) is 11.5. The van der Waals surface area contributed by atoms with E-state index in [0.29, 0.717) is 6.42 Å². The van der Waals surface area contributed by atoms with Gasteiger partial charge in [-0.1, -0.05) is 29.3 Å². The molecule has 0 spiro atoms. The zero-order valence-electron chi connectivity index (χ0n) is 13.3. The van der Waals surface area contributed by atoms with Gasteiger partial charge >= 0.3 is 0 Å². The third-order valence-electron chi connectivity index (χ3n) is 4.79. The van der Waals surface area contributed by atoms with Crippen LogP contribution in [-0.4, -0.2) is 54.0 Å². The number of hydrogen-bond donors (Lipinski definition) is 0. The van der Waals surface area contributed by atoms with E-state index in [-0.39, 0.29) is 47.0 Å². The van der Waals surface area contributed by atoms with Crippen LogP contribution in [0.1, 0.15) is 13.3 Å². The van der Waals surface area contributed by atoms with Crippen LogP contribution >= 0.6 is 46.4 Å². The van der Waals surface area contributed by atoms with Gasteiger partial charge in [-0.2, -0.15) is 4.31 Å². The van der Waals surface area contributed by atoms with Crippen molar-refractivity contribution in [1.29, 1.82) is 0 Å². The summed E-state index contributed by atoms with van der Waals surface area (Å²) in [4.78, 5) is 14.2. The number of alkyl halides is 2. The number of halogens is 4. The molecule has 0 aromatic heterocycles. The molecule has 1 aliphatic heterocycles. The van der Waals surface area contributed by atoms with Gasteiger partial charge in [-0.3, -0.25) is 4.79 Å². The van der Waals surface area contributed by atoms with E-state index in [1.807, 2.05) is 0 Å². The first-order valence-corrected chi connectivity index (χ1v) is 10.6. The minimum absolute atomic E-state index is 0.00206. The van der Waals surface area contributed by atoms with Crippen LogP contribution in [-0.2, 0) is 14.8 Å². The fourth-order valence-electron chi connectivity index (χ4n) is 2.93. The summed E-state index contributed by atoms with van der Waals surface area (Å²) in [6.45, 7) is 2.62. The lowest BCUT2D eigenvalue weighted by atomic mass is 10.1. The van der Waals surface area contributed by atoms with Crippen LogP contribution in [0.2, 0.25) is 10.0 Å². The van der Waals surface area contributed by atoms with Crippen molar-refractivity contribution in [3.63, 3.8) is 0 Å². The van der Waals surface area contributed by atoms with Crippen molar-refractivity contribution in [2.75, 3.05) is 26.2 Å². The number of carbonyl (C=O) groups excluding carboxylic acids is 1. The molecule has 25 heavy (non-hydrogen) atoms. The van der Waals surface area contributed by atoms with E-state index in [2.05, 4.69) is 0 Å². The number of amides is 1. The molecule has 2 aliphatic rings. The Morgan fingerprint density at radius 1 is 1.12 bits per heavy atom. The SMILES string of the molecule is CC1(C(=O)N2CCN(S(=O)(=O)c3cccc(Cl)c3Cl)CC2)CC1(Cl)Cl. The molecular weight excluding hydrogens is 430 g/mol. The van der Waals surface area contributed by atoms with Gasteiger partial charge < -0.3 is 4.90 Å². The number of sulfonamides is 1. The second-order valence-electron chi connectivity index (χ2n) is 6.46. The fraction of sp³-hybridized carbons (Fsp3) is 0.533. The molecule has 0 bridgehead atoms. The molecular formula is C15H16Cl4N2O3S. The molecule has 1 aromatic rings. The van der Waals surface area contributed by atoms with Gasteiger partial charge in [0.05, 0.1) is 15.5 Å². The lowest BCUT2D eigenvalue weighted by Gasteiger charge is -2.35. The molecule has 1 aliphatic carbocycles. The quantitative estimate of drug-likeness (QED) is 0.669. The maximum atomic E-state index is 12.8. The number of benzene rings is 1. The smallest absolute Gasteiger partial charge is 0.244 e. The summed E-state index contributed by atoms with van der Waals surface area (Å²) in [5.74, 6) is -0.143. The van der Waals surface area contributed by atoms with Crippen molar-refractivity contribution in [2.45, 2.75) is 22.6 Å². The maximum absolute atomic E-state index is 12.8. The zero-order valence-corrected chi connectivity index (χ0v) is 17.1. The third kappa shape index (κ3) is 3.26. The molecule has 1 saturated heterocycles. The summed E-state index contributed by atoms with van der Waals surface area (Å²) >= 11 is 24.1. The van der Waals surface area contributed by atoms with Crippen molar-refractivity contribution >= 4 is 62.3 Å². The topological polar surface area (TPSA) is 57.7 Å². The van der Waals surface area contributed by atoms with E-state index in [9.17, 15) is 13.2 Å². The summed E-state index contributed by atoms with van der Waals surface area (Å²) < 4.78 is 25.8. The fourth-order valence-corrected chi connectivity index (χ4v) is 5.79. The molecule has 2 fully saturated rings. The normalized spacial score (nSPS) is 26.5. The summed E-state index contributed by atoms with van der Waals surface area (Å²) in [5, 5.41) is 0.181. The summed E-state index contributed by atoms with van der Waals surface area (Å²) in [6.07, 6.45) is 0.401. The van der Waals surface area contributed by atoms with Crippen LogP contribution < -0.4 is 0 Å². The number of piperazine rings is 1. The molecule has 1 amide bonds. The highest BCUT2D eigenvalue weighted by Gasteiger charge is 2.68. The molecule has 0 N–H and O–H groups in total. The van der Waals surface area contributed by atoms with E-state index in [4.69, 9.17) is 46.4 Å². The molecule has 5 nitrogen and oxygen atoms in total. The van der Waals surface area contributed by atoms with Gasteiger partial charge in [0.15, 0.2) is 0 Å². The Labute approximate surface area is 166 Å². The summed E-state index contributed by atoms with van der Waals surface area (Å²) in [5.41, 5.74) is -0.798. The van der Waals surface area contributed by atoms with Crippen molar-refractivity contribution in [2.24, 2.45) is 5.41 Å². The summed E-state index contributed by atoms with van der Waals surface area (Å²) in [7, 11) is -3.78. The average Bonchev–Trinajstić information content (AvgIpc) is 3.08. The van der Waals surface area contributed by atoms with Crippen molar-refractivity contribution in [1.82, 2.24) is 9.21 Å². The molecule has 1 heterocycles. The molecule has 10 heteroatoms. The molecule has 1 aromatic carbocycles. The monoisotopic (exact) mass is 444 g/mol. The largest absolute Gasteiger partial charge is 0.339 e. The minimum atomic E-state index is -3.78. The Kier molecular flexibility index (Phi) is 5.02. The van der Waals surface area contributed by atoms with Gasteiger partial charge in [-0.15, -0.1) is 23.2 Å². The molecule has 1 saturated carbocycles. The van der Waals surface area contributed by atoms with Crippen LogP contribution in [0.15, 0.2) is 23.1 Å². The highest BCUT2D eigenvalue weighted by Crippen LogP contribution is 2.64. The Morgan fingerprint density at radius 3 is 2.20 bits per heavy atom. The predicted octanol–water partition coefficient (Wildman–Crippen LogP) is 3.41. The van der Waals surface area contributed by atoms with E-state index < -0.39 is 19.8 Å². The van der Waals surface area contributed by atoms with Gasteiger partial charge in [0.1, 0.15) is 9.23 Å². The zero-order chi connectivity index (χ0) is 18.6. The number of carbonyl (C=O) groups is 1. The van der Waals surface area contributed by atoms with E-state index in [1.54, 1.807) is 11.8 Å². The van der Waals surface area contributed by atoms with E-state index in [1.165, 1.54) is 22.5 Å². The second-order valence-corrected chi connectivity index (χ2v) is 10.6. The lowest BCUT2D eigenvalue weighted by Crippen LogP contribution is -2.52. The standard InChI is InChI=1S/C15H16Cl4N2O3S/c1-14(9-15(14,18)19)13(22)20-5-7-21(8-6-20)25(23,24)11-4-2-3-10(16)12(11)17/h2-4H,5-9H2,1H3. The van der Waals surface area contributed by atoms with E-state index in [0.717, 1.165) is 0 Å². The van der Waals surface area contributed by atoms with Crippen molar-refractivity contribution in [3.8, 4) is 0 Å². The highest BCUT2D eigenvalue weighted by molar-refractivity contribution is 7.89. The Morgan fingerprint density at radius 2 is 1.68 bits per heavy atom. The van der Waals surface area contributed by atoms with Gasteiger partial charge in [0.25, 0.3) is 0 Å². The van der Waals surface area contributed by atoms with Crippen LogP contribution in [0.4, 0.5) is 0 Å². The molecule has 0 radical (unpaired) electrons. The van der Waals surface area contributed by atoms with Crippen LogP contribution in [0.25, 0.3) is 0 Å². The van der Waals surface area contributed by atoms with Gasteiger partial charge in [-0.25, -0.2) is 8.42 Å². The average molecular weight is 446 g/mol. The van der Waals surface area contributed by atoms with Crippen LogP contribution in [0.3, 0.4) is 0 Å². The lowest BCUT2D eigenvalue weighted by molar-refractivity contribution is -0.137. The molecule has 3 rings (SSSR count). The first-order valence-electron chi connectivity index (χ1n) is 7.62. The molecule has 138 valence electrons. The summed E-state index contributed by atoms with van der Waals surface area (Å²) in [6, 6.07) is 4.48. The van der Waals surface area contributed by atoms with Gasteiger partial charge in [0.2, 0.25) is 15.9 Å². The maximum Gasteiger partial charge on any atom is 0.244 e. The molecule has 1 unspecified atom stereocenters. The Hall–Kier alpha value is -0.240. The minimum Gasteiger partial charge on any atom is -0.339 e. The third-order valence-corrected chi connectivity index (χ3v) is 8.76. The Balaban J connectivity index is 1.72. The second kappa shape index (κ2) is 6.43. The van der Waals surface area contributed by atoms with Crippen molar-refractivity contribution in [3.05, 3.63) is 28.2 Å². The molecule has 1 atom stereocenters. The van der Waals surface area contributed by atoms with Gasteiger partial charge in [-0.05, 0) is 25.5 Å². The van der Waals surface area contributed by atoms with E-state index >= 15 is 0 Å². The van der Waals surface area contributed by atoms with Crippen LogP contribution in [0.5, 0.6) is 0 Å². The van der Waals surface area contributed by atoms with Gasteiger partial charge in [0, 0.05) is 26.2 Å². The first kappa shape index (κ1) is 19.5. The van der Waals surface area contributed by atoms with Crippen LogP contribution in [0, 0.1) is 5.41 Å². The number of hydrogen-bond acceptors (Lipinski definition) is 3. The number of nitrogens with zero attached hydrogens (tertiary/aromatic N) is 2. The Bertz CT molecular complexity index is 822.